The third-order valence-electron chi connectivity index (χ3n) is 13.5. The predicted molar refractivity (Wildman–Crippen MR) is 304 cm³/mol. The molecule has 6 rings (SSSR count). The van der Waals surface area contributed by atoms with Crippen LogP contribution in [0.5, 0.6) is 0 Å². The summed E-state index contributed by atoms with van der Waals surface area (Å²) in [5.74, 6) is -0.984. The largest absolute Gasteiger partial charge is 0.369 e. The number of carbonyl (C=O) groups is 7. The number of ketones is 4. The van der Waals surface area contributed by atoms with Crippen molar-refractivity contribution in [3.63, 3.8) is 0 Å². The Labute approximate surface area is 460 Å². The van der Waals surface area contributed by atoms with Crippen molar-refractivity contribution in [2.75, 3.05) is 49.9 Å². The molecule has 2 fully saturated rings. The Morgan fingerprint density at radius 2 is 0.897 bits per heavy atom. The Morgan fingerprint density at radius 3 is 1.23 bits per heavy atom. The summed E-state index contributed by atoms with van der Waals surface area (Å²) < 4.78 is 52.7. The number of benzene rings is 4. The van der Waals surface area contributed by atoms with Crippen LogP contribution >= 0.6 is 0 Å². The number of rotatable bonds is 22. The van der Waals surface area contributed by atoms with E-state index in [1.807, 2.05) is 17.0 Å². The molecule has 18 heteroatoms. The van der Waals surface area contributed by atoms with Crippen LogP contribution in [0.2, 0.25) is 0 Å². The topological polar surface area (TPSA) is 200 Å². The lowest BCUT2D eigenvalue weighted by Gasteiger charge is -2.39. The van der Waals surface area contributed by atoms with Crippen molar-refractivity contribution in [2.24, 2.45) is 17.6 Å². The fourth-order valence-electron chi connectivity index (χ4n) is 9.71. The van der Waals surface area contributed by atoms with E-state index in [0.717, 1.165) is 62.6 Å². The first kappa shape index (κ1) is 69.2. The summed E-state index contributed by atoms with van der Waals surface area (Å²) in [5, 5.41) is 10.9. The maximum Gasteiger partial charge on any atom is 0.319 e. The van der Waals surface area contributed by atoms with Gasteiger partial charge in [-0.15, -0.1) is 0 Å². The summed E-state index contributed by atoms with van der Waals surface area (Å²) in [4.78, 5) is 87.4. The fraction of sp³-hybridized carbons (Fsp3) is 0.483. The Morgan fingerprint density at radius 1 is 0.551 bits per heavy atom. The highest BCUT2D eigenvalue weighted by atomic mass is 19.3. The number of primary amides is 1. The van der Waals surface area contributed by atoms with Gasteiger partial charge in [-0.1, -0.05) is 54.0 Å². The molecule has 2 aliphatic heterocycles. The van der Waals surface area contributed by atoms with Crippen LogP contribution in [0.4, 0.5) is 38.5 Å². The van der Waals surface area contributed by atoms with Crippen LogP contribution in [-0.2, 0) is 17.6 Å². The third-order valence-corrected chi connectivity index (χ3v) is 13.5. The van der Waals surface area contributed by atoms with Crippen molar-refractivity contribution >= 4 is 52.5 Å². The van der Waals surface area contributed by atoms with Crippen LogP contribution in [0.15, 0.2) is 84.9 Å². The number of nitrogens with two attached hydrogens (primary N) is 1. The standard InChI is InChI=1S/C28H34F3N3O3.C28H35FN4O4.4CH4/c1-18(35)22-14-23(19(2)36)16-25(15-22)33-28(37)32-10-3-4-26-13-21(9-11-34(26)17-27(30)31)12-20-5-7-24(29)8-6-20;1-18(34)22-14-23(19(2)35)16-25(15-22)32-28(37)31-10-3-4-26-13-21(9-11-33(26)17-27(30)36)12-20-5-7-24(29)8-6-20;;;;/h5-8,14-16,21,26-27H,3-4,9-13,17H2,1-2H3,(H2,32,33,37);5-8,14-16,21,26H,3-4,9-13,17H2,1-2H3,(H2,30,36)(H2,31,32,37);4*1H4/t2*21-,26-;;;;/m00..../s1. The molecular formula is C60H85F4N7O7. The van der Waals surface area contributed by atoms with Crippen molar-refractivity contribution in [1.29, 1.82) is 0 Å². The van der Waals surface area contributed by atoms with E-state index < -0.39 is 18.5 Å². The molecule has 4 aromatic rings. The second-order valence-electron chi connectivity index (χ2n) is 19.4. The molecule has 5 amide bonds. The fourth-order valence-corrected chi connectivity index (χ4v) is 9.71. The number of nitrogens with one attached hydrogen (secondary N) is 4. The van der Waals surface area contributed by atoms with Crippen LogP contribution in [-0.4, -0.2) is 109 Å². The molecule has 78 heavy (non-hydrogen) atoms. The Kier molecular flexibility index (Phi) is 30.3. The number of urea groups is 2. The zero-order chi connectivity index (χ0) is 53.9. The summed E-state index contributed by atoms with van der Waals surface area (Å²) in [6.07, 6.45) is 5.35. The highest BCUT2D eigenvalue weighted by molar-refractivity contribution is 6.03. The summed E-state index contributed by atoms with van der Waals surface area (Å²) in [6, 6.07) is 21.3. The van der Waals surface area contributed by atoms with Gasteiger partial charge in [-0.05, 0) is 189 Å². The summed E-state index contributed by atoms with van der Waals surface area (Å²) in [5.41, 5.74) is 9.66. The van der Waals surface area contributed by atoms with Crippen LogP contribution in [0.1, 0.15) is 161 Å². The first-order valence-electron chi connectivity index (χ1n) is 25.2. The molecule has 0 aromatic heterocycles. The van der Waals surface area contributed by atoms with Crippen molar-refractivity contribution in [2.45, 2.75) is 140 Å². The van der Waals surface area contributed by atoms with Gasteiger partial charge in [-0.3, -0.25) is 33.8 Å². The predicted octanol–water partition coefficient (Wildman–Crippen LogP) is 12.2. The molecule has 0 aliphatic carbocycles. The molecule has 4 atom stereocenters. The third kappa shape index (κ3) is 23.4. The maximum absolute atomic E-state index is 13.2. The first-order chi connectivity index (χ1) is 35.2. The smallest absolute Gasteiger partial charge is 0.319 e. The molecule has 2 aliphatic rings. The zero-order valence-corrected chi connectivity index (χ0v) is 42.6. The summed E-state index contributed by atoms with van der Waals surface area (Å²) in [6.45, 7) is 7.62. The SMILES string of the molecule is C.C.C.C.CC(=O)c1cc(NC(=O)NCCC[C@H]2C[C@H](Cc3ccc(F)cc3)CCN2CC(F)F)cc(C(C)=O)c1.CC(=O)c1cc(NC(=O)NCCC[C@H]2C[C@H](Cc3ccc(F)cc3)CCN2CC(N)=O)cc(C(C)=O)c1. The molecule has 2 heterocycles. The minimum absolute atomic E-state index is 0. The molecule has 6 N–H and O–H groups in total. The number of halogens is 4. The number of carbonyl (C=O) groups excluding carboxylic acids is 7. The highest BCUT2D eigenvalue weighted by Gasteiger charge is 2.31. The summed E-state index contributed by atoms with van der Waals surface area (Å²) in [7, 11) is 0. The van der Waals surface area contributed by atoms with Crippen LogP contribution < -0.4 is 27.0 Å². The van der Waals surface area contributed by atoms with Crippen molar-refractivity contribution in [1.82, 2.24) is 20.4 Å². The van der Waals surface area contributed by atoms with Gasteiger partial charge in [-0.2, -0.15) is 0 Å². The number of amides is 5. The molecule has 4 aromatic carbocycles. The summed E-state index contributed by atoms with van der Waals surface area (Å²) >= 11 is 0. The number of anilines is 2. The molecule has 0 bridgehead atoms. The van der Waals surface area contributed by atoms with Crippen LogP contribution in [0.3, 0.4) is 0 Å². The lowest BCUT2D eigenvalue weighted by Crippen LogP contribution is -2.47. The first-order valence-corrected chi connectivity index (χ1v) is 25.2. The normalized spacial score (nSPS) is 16.9. The molecule has 430 valence electrons. The monoisotopic (exact) mass is 1090 g/mol. The van der Waals surface area contributed by atoms with Crippen LogP contribution in [0, 0.1) is 23.5 Å². The van der Waals surface area contributed by atoms with Gasteiger partial charge in [0.05, 0.1) is 13.1 Å². The maximum atomic E-state index is 13.2. The van der Waals surface area contributed by atoms with Gasteiger partial charge >= 0.3 is 12.1 Å². The van der Waals surface area contributed by atoms with Crippen molar-refractivity contribution < 1.29 is 51.1 Å². The van der Waals surface area contributed by atoms with Gasteiger partial charge in [0.25, 0.3) is 6.43 Å². The van der Waals surface area contributed by atoms with Crippen LogP contribution in [0.25, 0.3) is 0 Å². The van der Waals surface area contributed by atoms with Crippen molar-refractivity contribution in [3.8, 4) is 0 Å². The van der Waals surface area contributed by atoms with E-state index in [-0.39, 0.29) is 95.6 Å². The lowest BCUT2D eigenvalue weighted by atomic mass is 9.84. The molecular weight excluding hydrogens is 1010 g/mol. The average molecular weight is 1090 g/mol. The molecule has 0 radical (unpaired) electrons. The second-order valence-corrected chi connectivity index (χ2v) is 19.4. The lowest BCUT2D eigenvalue weighted by molar-refractivity contribution is -0.120. The van der Waals surface area contributed by atoms with Gasteiger partial charge in [0.15, 0.2) is 23.1 Å². The van der Waals surface area contributed by atoms with Gasteiger partial charge in [0, 0.05) is 58.8 Å². The number of hydrogen-bond donors (Lipinski definition) is 5. The van der Waals surface area contributed by atoms with E-state index in [1.54, 1.807) is 24.3 Å². The molecule has 14 nitrogen and oxygen atoms in total. The average Bonchev–Trinajstić information content (AvgIpc) is 3.34. The zero-order valence-electron chi connectivity index (χ0n) is 42.6. The number of likely N-dealkylation sites (tertiary alicyclic amines) is 2. The van der Waals surface area contributed by atoms with Gasteiger partial charge in [0.2, 0.25) is 5.91 Å². The molecule has 0 unspecified atom stereocenters. The van der Waals surface area contributed by atoms with E-state index in [0.29, 0.717) is 84.4 Å². The minimum atomic E-state index is -2.41. The van der Waals surface area contributed by atoms with E-state index in [2.05, 4.69) is 26.2 Å². The number of alkyl halides is 2. The van der Waals surface area contributed by atoms with E-state index >= 15 is 0 Å². The second kappa shape index (κ2) is 34.2. The Hall–Kier alpha value is -6.79. The highest BCUT2D eigenvalue weighted by Crippen LogP contribution is 2.31. The quantitative estimate of drug-likeness (QED) is 0.0288. The molecule has 0 saturated carbocycles. The number of nitrogens with zero attached hydrogens (tertiary/aromatic N) is 2. The molecule has 0 spiro atoms. The Bertz CT molecular complexity index is 2520. The molecule has 2 saturated heterocycles. The van der Waals surface area contributed by atoms with Crippen molar-refractivity contribution in [3.05, 3.63) is 130 Å². The number of Topliss-reactive ketones (excluding diaryl/α,β-unsaturated/α-hetero) is 4. The van der Waals surface area contributed by atoms with E-state index in [9.17, 15) is 51.1 Å². The number of piperidine rings is 2. The van der Waals surface area contributed by atoms with E-state index in [4.69, 9.17) is 5.73 Å². The van der Waals surface area contributed by atoms with Gasteiger partial charge < -0.3 is 27.0 Å². The Balaban J connectivity index is 0.000000742. The number of hydrogen-bond acceptors (Lipinski definition) is 9. The van der Waals surface area contributed by atoms with Gasteiger partial charge in [0.1, 0.15) is 11.6 Å². The minimum Gasteiger partial charge on any atom is -0.369 e. The van der Waals surface area contributed by atoms with Gasteiger partial charge in [-0.25, -0.2) is 27.2 Å². The van der Waals surface area contributed by atoms with E-state index in [1.165, 1.54) is 76.2 Å².